The van der Waals surface area contributed by atoms with Crippen molar-refractivity contribution >= 4 is 16.9 Å². The van der Waals surface area contributed by atoms with Crippen molar-refractivity contribution in [2.24, 2.45) is 0 Å². The minimum absolute atomic E-state index is 0.112. The Bertz CT molecular complexity index is 1210. The summed E-state index contributed by atoms with van der Waals surface area (Å²) in [5, 5.41) is 8.25. The van der Waals surface area contributed by atoms with Crippen LogP contribution in [0.4, 0.5) is 0 Å². The highest BCUT2D eigenvalue weighted by Crippen LogP contribution is 2.30. The molecule has 0 saturated heterocycles. The molecule has 4 heterocycles. The van der Waals surface area contributed by atoms with Crippen LogP contribution < -0.4 is 5.32 Å². The van der Waals surface area contributed by atoms with Crippen molar-refractivity contribution in [3.05, 3.63) is 65.5 Å². The van der Waals surface area contributed by atoms with Gasteiger partial charge < -0.3 is 9.73 Å². The Morgan fingerprint density at radius 2 is 1.97 bits per heavy atom. The van der Waals surface area contributed by atoms with Crippen LogP contribution in [0.2, 0.25) is 0 Å². The molecule has 0 bridgehead atoms. The Morgan fingerprint density at radius 3 is 2.60 bits per heavy atom. The SMILES string of the molecule is Cc1cc(-c2cc(C(=O)N[C@H](C)c3ccccn3)c3cnn(C(C)C)c3n2)c(C)o1. The van der Waals surface area contributed by atoms with E-state index in [0.29, 0.717) is 16.9 Å². The maximum Gasteiger partial charge on any atom is 0.252 e. The Morgan fingerprint density at radius 1 is 1.17 bits per heavy atom. The molecule has 0 aliphatic heterocycles. The van der Waals surface area contributed by atoms with Gasteiger partial charge in [-0.3, -0.25) is 9.78 Å². The van der Waals surface area contributed by atoms with E-state index in [9.17, 15) is 4.79 Å². The zero-order valence-corrected chi connectivity index (χ0v) is 17.8. The number of hydrogen-bond acceptors (Lipinski definition) is 5. The van der Waals surface area contributed by atoms with Gasteiger partial charge >= 0.3 is 0 Å². The van der Waals surface area contributed by atoms with Crippen LogP contribution in [0.1, 0.15) is 60.4 Å². The number of hydrogen-bond donors (Lipinski definition) is 1. The molecule has 0 aliphatic rings. The maximum absolute atomic E-state index is 13.3. The molecule has 0 aliphatic carbocycles. The number of carbonyl (C=O) groups is 1. The van der Waals surface area contributed by atoms with E-state index in [2.05, 4.69) is 15.4 Å². The van der Waals surface area contributed by atoms with E-state index in [0.717, 1.165) is 28.2 Å². The number of fused-ring (bicyclic) bond motifs is 1. The van der Waals surface area contributed by atoms with Crippen LogP contribution in [0.25, 0.3) is 22.3 Å². The highest BCUT2D eigenvalue weighted by Gasteiger charge is 2.21. The van der Waals surface area contributed by atoms with Crippen molar-refractivity contribution in [2.75, 3.05) is 0 Å². The number of furan rings is 1. The van der Waals surface area contributed by atoms with Gasteiger partial charge in [0.05, 0.1) is 34.6 Å². The summed E-state index contributed by atoms with van der Waals surface area (Å²) in [5.41, 5.74) is 3.57. The van der Waals surface area contributed by atoms with Crippen LogP contribution in [0.3, 0.4) is 0 Å². The molecule has 154 valence electrons. The van der Waals surface area contributed by atoms with E-state index in [-0.39, 0.29) is 18.0 Å². The van der Waals surface area contributed by atoms with Crippen molar-refractivity contribution < 1.29 is 9.21 Å². The monoisotopic (exact) mass is 403 g/mol. The smallest absolute Gasteiger partial charge is 0.252 e. The van der Waals surface area contributed by atoms with Gasteiger partial charge in [-0.2, -0.15) is 5.10 Å². The lowest BCUT2D eigenvalue weighted by Gasteiger charge is -2.15. The van der Waals surface area contributed by atoms with Crippen molar-refractivity contribution in [2.45, 2.75) is 46.7 Å². The number of amides is 1. The first-order valence-electron chi connectivity index (χ1n) is 10.0. The van der Waals surface area contributed by atoms with Crippen LogP contribution in [0, 0.1) is 13.8 Å². The fourth-order valence-electron chi connectivity index (χ4n) is 3.59. The molecule has 0 radical (unpaired) electrons. The Labute approximate surface area is 175 Å². The third-order valence-electron chi connectivity index (χ3n) is 5.10. The second-order valence-corrected chi connectivity index (χ2v) is 7.75. The predicted molar refractivity (Wildman–Crippen MR) is 115 cm³/mol. The van der Waals surface area contributed by atoms with Crippen molar-refractivity contribution in [3.8, 4) is 11.3 Å². The van der Waals surface area contributed by atoms with E-state index in [4.69, 9.17) is 9.40 Å². The Hall–Kier alpha value is -3.48. The normalized spacial score (nSPS) is 12.5. The zero-order chi connectivity index (χ0) is 21.4. The van der Waals surface area contributed by atoms with Crippen molar-refractivity contribution in [3.63, 3.8) is 0 Å². The molecule has 1 atom stereocenters. The standard InChI is InChI=1S/C23H25N5O2/c1-13(2)28-22-19(12-25-28)18(11-21(27-22)17-10-14(3)30-16(17)5)23(29)26-15(4)20-8-6-7-9-24-20/h6-13,15H,1-5H3,(H,26,29)/t15-/m1/s1. The Balaban J connectivity index is 1.81. The first-order valence-corrected chi connectivity index (χ1v) is 10.0. The number of aromatic nitrogens is 4. The van der Waals surface area contributed by atoms with Crippen LogP contribution in [0.5, 0.6) is 0 Å². The number of rotatable bonds is 5. The number of carbonyl (C=O) groups excluding carboxylic acids is 1. The van der Waals surface area contributed by atoms with Gasteiger partial charge in [0.1, 0.15) is 11.5 Å². The number of nitrogens with zero attached hydrogens (tertiary/aromatic N) is 4. The fraction of sp³-hybridized carbons (Fsp3) is 0.304. The predicted octanol–water partition coefficient (Wildman–Crippen LogP) is 4.78. The van der Waals surface area contributed by atoms with E-state index in [1.165, 1.54) is 0 Å². The lowest BCUT2D eigenvalue weighted by Crippen LogP contribution is -2.27. The summed E-state index contributed by atoms with van der Waals surface area (Å²) in [4.78, 5) is 22.4. The van der Waals surface area contributed by atoms with Gasteiger partial charge in [-0.25, -0.2) is 9.67 Å². The van der Waals surface area contributed by atoms with Crippen LogP contribution in [-0.2, 0) is 0 Å². The highest BCUT2D eigenvalue weighted by atomic mass is 16.3. The number of pyridine rings is 2. The lowest BCUT2D eigenvalue weighted by atomic mass is 10.1. The molecule has 0 spiro atoms. The van der Waals surface area contributed by atoms with Crippen molar-refractivity contribution in [1.29, 1.82) is 0 Å². The second kappa shape index (κ2) is 7.74. The highest BCUT2D eigenvalue weighted by molar-refractivity contribution is 6.06. The van der Waals surface area contributed by atoms with E-state index >= 15 is 0 Å². The molecule has 4 rings (SSSR count). The quantitative estimate of drug-likeness (QED) is 0.518. The molecule has 1 N–H and O–H groups in total. The number of aryl methyl sites for hydroxylation is 2. The largest absolute Gasteiger partial charge is 0.466 e. The summed E-state index contributed by atoms with van der Waals surface area (Å²) in [6.45, 7) is 9.79. The first kappa shape index (κ1) is 19.8. The third-order valence-corrected chi connectivity index (χ3v) is 5.10. The lowest BCUT2D eigenvalue weighted by molar-refractivity contribution is 0.0940. The molecule has 7 heteroatoms. The van der Waals surface area contributed by atoms with E-state index in [1.54, 1.807) is 12.4 Å². The molecule has 0 saturated carbocycles. The van der Waals surface area contributed by atoms with Crippen molar-refractivity contribution in [1.82, 2.24) is 25.1 Å². The molecular formula is C23H25N5O2. The topological polar surface area (TPSA) is 85.8 Å². The van der Waals surface area contributed by atoms with Crippen LogP contribution >= 0.6 is 0 Å². The maximum atomic E-state index is 13.3. The minimum Gasteiger partial charge on any atom is -0.466 e. The average molecular weight is 403 g/mol. The minimum atomic E-state index is -0.233. The molecule has 0 aromatic carbocycles. The molecule has 7 nitrogen and oxygen atoms in total. The zero-order valence-electron chi connectivity index (χ0n) is 17.8. The average Bonchev–Trinajstić information content (AvgIpc) is 3.30. The summed E-state index contributed by atoms with van der Waals surface area (Å²) in [5.74, 6) is 1.38. The summed E-state index contributed by atoms with van der Waals surface area (Å²) < 4.78 is 7.53. The van der Waals surface area contributed by atoms with Gasteiger partial charge in [0, 0.05) is 17.8 Å². The number of nitrogens with one attached hydrogen (secondary N) is 1. The van der Waals surface area contributed by atoms with Gasteiger partial charge in [0.25, 0.3) is 5.91 Å². The fourth-order valence-corrected chi connectivity index (χ4v) is 3.59. The third kappa shape index (κ3) is 3.58. The Kier molecular flexibility index (Phi) is 5.11. The molecule has 4 aromatic heterocycles. The molecule has 30 heavy (non-hydrogen) atoms. The summed E-state index contributed by atoms with van der Waals surface area (Å²) in [6, 6.07) is 9.29. The second-order valence-electron chi connectivity index (χ2n) is 7.75. The van der Waals surface area contributed by atoms with Gasteiger partial charge in [0.2, 0.25) is 0 Å². The molecule has 0 fully saturated rings. The molecule has 0 unspecified atom stereocenters. The van der Waals surface area contributed by atoms with E-state index in [1.807, 2.05) is 69.6 Å². The summed E-state index contributed by atoms with van der Waals surface area (Å²) in [7, 11) is 0. The van der Waals surface area contributed by atoms with Gasteiger partial charge in [-0.15, -0.1) is 0 Å². The molecule has 1 amide bonds. The van der Waals surface area contributed by atoms with Gasteiger partial charge in [0.15, 0.2) is 5.65 Å². The van der Waals surface area contributed by atoms with Crippen LogP contribution in [0.15, 0.2) is 47.1 Å². The van der Waals surface area contributed by atoms with E-state index < -0.39 is 0 Å². The first-order chi connectivity index (χ1) is 14.3. The van der Waals surface area contributed by atoms with Crippen LogP contribution in [-0.4, -0.2) is 25.7 Å². The molecule has 4 aromatic rings. The summed E-state index contributed by atoms with van der Waals surface area (Å²) in [6.07, 6.45) is 3.43. The van der Waals surface area contributed by atoms with Gasteiger partial charge in [-0.05, 0) is 58.9 Å². The molecular weight excluding hydrogens is 378 g/mol. The summed E-state index contributed by atoms with van der Waals surface area (Å²) >= 11 is 0. The van der Waals surface area contributed by atoms with Gasteiger partial charge in [-0.1, -0.05) is 6.07 Å².